The lowest BCUT2D eigenvalue weighted by Gasteiger charge is -2.08. The SMILES string of the molecule is Nc1cncc(OCC2CCOC2)n1. The Balaban J connectivity index is 1.85. The number of ether oxygens (including phenoxy) is 2. The Morgan fingerprint density at radius 2 is 2.50 bits per heavy atom. The van der Waals surface area contributed by atoms with E-state index < -0.39 is 0 Å². The molecule has 5 nitrogen and oxygen atoms in total. The first kappa shape index (κ1) is 9.21. The van der Waals surface area contributed by atoms with Crippen LogP contribution in [0.5, 0.6) is 5.88 Å². The van der Waals surface area contributed by atoms with Gasteiger partial charge in [-0.05, 0) is 6.42 Å². The van der Waals surface area contributed by atoms with E-state index in [2.05, 4.69) is 9.97 Å². The molecule has 0 radical (unpaired) electrons. The molecule has 1 aromatic heterocycles. The first-order valence-corrected chi connectivity index (χ1v) is 4.62. The molecule has 2 heterocycles. The number of nitrogen functional groups attached to an aromatic ring is 1. The van der Waals surface area contributed by atoms with Crippen molar-refractivity contribution in [3.63, 3.8) is 0 Å². The Hall–Kier alpha value is -1.36. The lowest BCUT2D eigenvalue weighted by Crippen LogP contribution is -2.12. The van der Waals surface area contributed by atoms with Crippen LogP contribution in [-0.4, -0.2) is 29.8 Å². The zero-order valence-corrected chi connectivity index (χ0v) is 7.85. The monoisotopic (exact) mass is 195 g/mol. The third kappa shape index (κ3) is 2.32. The van der Waals surface area contributed by atoms with Crippen molar-refractivity contribution in [3.05, 3.63) is 12.4 Å². The van der Waals surface area contributed by atoms with Crippen molar-refractivity contribution in [2.45, 2.75) is 6.42 Å². The van der Waals surface area contributed by atoms with E-state index in [0.717, 1.165) is 19.6 Å². The number of nitrogens with two attached hydrogens (primary N) is 1. The minimum absolute atomic E-state index is 0.380. The van der Waals surface area contributed by atoms with Gasteiger partial charge < -0.3 is 15.2 Å². The average Bonchev–Trinajstić information content (AvgIpc) is 2.67. The van der Waals surface area contributed by atoms with E-state index >= 15 is 0 Å². The van der Waals surface area contributed by atoms with Gasteiger partial charge in [0, 0.05) is 12.5 Å². The molecule has 14 heavy (non-hydrogen) atoms. The van der Waals surface area contributed by atoms with E-state index in [1.54, 1.807) is 6.20 Å². The third-order valence-corrected chi connectivity index (χ3v) is 2.12. The Morgan fingerprint density at radius 1 is 1.57 bits per heavy atom. The largest absolute Gasteiger partial charge is 0.476 e. The van der Waals surface area contributed by atoms with Gasteiger partial charge in [0.1, 0.15) is 5.82 Å². The van der Waals surface area contributed by atoms with Crippen molar-refractivity contribution in [2.75, 3.05) is 25.6 Å². The molecule has 2 rings (SSSR count). The number of aromatic nitrogens is 2. The van der Waals surface area contributed by atoms with Crippen molar-refractivity contribution in [3.8, 4) is 5.88 Å². The minimum atomic E-state index is 0.380. The molecule has 2 N–H and O–H groups in total. The molecular weight excluding hydrogens is 182 g/mol. The smallest absolute Gasteiger partial charge is 0.234 e. The normalized spacial score (nSPS) is 21.0. The van der Waals surface area contributed by atoms with Crippen LogP contribution in [0.25, 0.3) is 0 Å². The summed E-state index contributed by atoms with van der Waals surface area (Å²) in [5, 5.41) is 0. The van der Waals surface area contributed by atoms with Crippen molar-refractivity contribution in [1.82, 2.24) is 9.97 Å². The fourth-order valence-corrected chi connectivity index (χ4v) is 1.35. The molecular formula is C9H13N3O2. The lowest BCUT2D eigenvalue weighted by molar-refractivity contribution is 0.165. The molecule has 0 aliphatic carbocycles. The number of nitrogens with zero attached hydrogens (tertiary/aromatic N) is 2. The average molecular weight is 195 g/mol. The van der Waals surface area contributed by atoms with E-state index in [1.165, 1.54) is 6.20 Å². The van der Waals surface area contributed by atoms with Gasteiger partial charge in [-0.15, -0.1) is 0 Å². The molecule has 1 atom stereocenters. The summed E-state index contributed by atoms with van der Waals surface area (Å²) in [7, 11) is 0. The maximum Gasteiger partial charge on any atom is 0.234 e. The van der Waals surface area contributed by atoms with Gasteiger partial charge in [0.05, 0.1) is 25.6 Å². The first-order chi connectivity index (χ1) is 6.84. The van der Waals surface area contributed by atoms with Crippen LogP contribution in [0.2, 0.25) is 0 Å². The molecule has 1 saturated heterocycles. The van der Waals surface area contributed by atoms with Crippen LogP contribution < -0.4 is 10.5 Å². The van der Waals surface area contributed by atoms with Crippen molar-refractivity contribution in [1.29, 1.82) is 0 Å². The first-order valence-electron chi connectivity index (χ1n) is 4.62. The van der Waals surface area contributed by atoms with Gasteiger partial charge in [-0.25, -0.2) is 0 Å². The van der Waals surface area contributed by atoms with Crippen molar-refractivity contribution >= 4 is 5.82 Å². The fourth-order valence-electron chi connectivity index (χ4n) is 1.35. The van der Waals surface area contributed by atoms with Gasteiger partial charge in [0.15, 0.2) is 0 Å². The van der Waals surface area contributed by atoms with E-state index in [0.29, 0.717) is 24.2 Å². The second-order valence-electron chi connectivity index (χ2n) is 3.32. The summed E-state index contributed by atoms with van der Waals surface area (Å²) in [5.41, 5.74) is 5.46. The maximum absolute atomic E-state index is 5.46. The third-order valence-electron chi connectivity index (χ3n) is 2.12. The molecule has 0 aromatic carbocycles. The van der Waals surface area contributed by atoms with Gasteiger partial charge >= 0.3 is 0 Å². The van der Waals surface area contributed by atoms with Gasteiger partial charge in [0.25, 0.3) is 0 Å². The molecule has 0 amide bonds. The highest BCUT2D eigenvalue weighted by molar-refractivity contribution is 5.25. The predicted octanol–water partition coefficient (Wildman–Crippen LogP) is 0.474. The van der Waals surface area contributed by atoms with Crippen LogP contribution in [0.15, 0.2) is 12.4 Å². The van der Waals surface area contributed by atoms with Crippen molar-refractivity contribution < 1.29 is 9.47 Å². The summed E-state index contributed by atoms with van der Waals surface area (Å²) in [6.07, 6.45) is 4.10. The molecule has 1 aliphatic heterocycles. The fraction of sp³-hybridized carbons (Fsp3) is 0.556. The molecule has 5 heteroatoms. The number of hydrogen-bond donors (Lipinski definition) is 1. The van der Waals surface area contributed by atoms with Crippen LogP contribution >= 0.6 is 0 Å². The standard InChI is InChI=1S/C9H13N3O2/c10-8-3-11-4-9(12-8)14-6-7-1-2-13-5-7/h3-4,7H,1-2,5-6H2,(H2,10,12). The molecule has 76 valence electrons. The zero-order chi connectivity index (χ0) is 9.80. The molecule has 0 spiro atoms. The van der Waals surface area contributed by atoms with E-state index in [-0.39, 0.29) is 0 Å². The Bertz CT molecular complexity index is 300. The van der Waals surface area contributed by atoms with E-state index in [9.17, 15) is 0 Å². The van der Waals surface area contributed by atoms with Crippen LogP contribution in [0.3, 0.4) is 0 Å². The zero-order valence-electron chi connectivity index (χ0n) is 7.85. The second-order valence-corrected chi connectivity index (χ2v) is 3.32. The van der Waals surface area contributed by atoms with E-state index in [1.807, 2.05) is 0 Å². The molecule has 1 unspecified atom stereocenters. The van der Waals surface area contributed by atoms with Crippen LogP contribution in [0, 0.1) is 5.92 Å². The lowest BCUT2D eigenvalue weighted by atomic mass is 10.1. The molecule has 0 bridgehead atoms. The number of hydrogen-bond acceptors (Lipinski definition) is 5. The molecule has 1 fully saturated rings. The highest BCUT2D eigenvalue weighted by atomic mass is 16.5. The molecule has 1 aromatic rings. The summed E-state index contributed by atoms with van der Waals surface area (Å²) in [6.45, 7) is 2.23. The quantitative estimate of drug-likeness (QED) is 0.759. The summed E-state index contributed by atoms with van der Waals surface area (Å²) < 4.78 is 10.7. The van der Waals surface area contributed by atoms with Gasteiger partial charge in [-0.2, -0.15) is 4.98 Å². The summed E-state index contributed by atoms with van der Waals surface area (Å²) in [4.78, 5) is 7.87. The van der Waals surface area contributed by atoms with Crippen LogP contribution in [0.1, 0.15) is 6.42 Å². The Morgan fingerprint density at radius 3 is 3.21 bits per heavy atom. The molecule has 0 saturated carbocycles. The van der Waals surface area contributed by atoms with Gasteiger partial charge in [-0.1, -0.05) is 0 Å². The van der Waals surface area contributed by atoms with Crippen LogP contribution in [0.4, 0.5) is 5.82 Å². The molecule has 1 aliphatic rings. The summed E-state index contributed by atoms with van der Waals surface area (Å²) >= 11 is 0. The van der Waals surface area contributed by atoms with Gasteiger partial charge in [-0.3, -0.25) is 4.98 Å². The number of rotatable bonds is 3. The predicted molar refractivity (Wildman–Crippen MR) is 50.9 cm³/mol. The second kappa shape index (κ2) is 4.23. The summed E-state index contributed by atoms with van der Waals surface area (Å²) in [5.74, 6) is 1.33. The summed E-state index contributed by atoms with van der Waals surface area (Å²) in [6, 6.07) is 0. The minimum Gasteiger partial charge on any atom is -0.476 e. The van der Waals surface area contributed by atoms with Gasteiger partial charge in [0.2, 0.25) is 5.88 Å². The Labute approximate surface area is 82.3 Å². The van der Waals surface area contributed by atoms with Crippen LogP contribution in [-0.2, 0) is 4.74 Å². The highest BCUT2D eigenvalue weighted by Gasteiger charge is 2.16. The maximum atomic E-state index is 5.46. The topological polar surface area (TPSA) is 70.3 Å². The number of anilines is 1. The highest BCUT2D eigenvalue weighted by Crippen LogP contribution is 2.14. The van der Waals surface area contributed by atoms with Crippen molar-refractivity contribution in [2.24, 2.45) is 5.92 Å². The Kier molecular flexibility index (Phi) is 2.78. The van der Waals surface area contributed by atoms with E-state index in [4.69, 9.17) is 15.2 Å².